The Morgan fingerprint density at radius 3 is 2.55 bits per heavy atom. The SMILES string of the molecule is O=S1CCOc2ccc(C3CSc4ccc(C5COc6ccccc6O5)cc4O3)cc21. The average Bonchev–Trinajstić information content (AvgIpc) is 2.83. The molecule has 0 N–H and O–H groups in total. The number of rotatable bonds is 2. The summed E-state index contributed by atoms with van der Waals surface area (Å²) in [4.78, 5) is 1.88. The Balaban J connectivity index is 1.25. The van der Waals surface area contributed by atoms with Crippen molar-refractivity contribution >= 4 is 22.6 Å². The molecule has 0 amide bonds. The lowest BCUT2D eigenvalue weighted by molar-refractivity contribution is 0.0908. The van der Waals surface area contributed by atoms with Crippen LogP contribution in [-0.2, 0) is 10.8 Å². The predicted octanol–water partition coefficient (Wildman–Crippen LogP) is 4.92. The van der Waals surface area contributed by atoms with Gasteiger partial charge in [0.05, 0.1) is 21.4 Å². The van der Waals surface area contributed by atoms with Crippen LogP contribution < -0.4 is 18.9 Å². The molecule has 158 valence electrons. The van der Waals surface area contributed by atoms with E-state index in [0.29, 0.717) is 24.7 Å². The van der Waals surface area contributed by atoms with Crippen molar-refractivity contribution in [2.75, 3.05) is 24.7 Å². The molecule has 3 aliphatic heterocycles. The van der Waals surface area contributed by atoms with Crippen LogP contribution in [0.1, 0.15) is 23.3 Å². The van der Waals surface area contributed by atoms with Gasteiger partial charge in [0.15, 0.2) is 17.6 Å². The Morgan fingerprint density at radius 1 is 0.806 bits per heavy atom. The normalized spacial score (nSPS) is 23.7. The van der Waals surface area contributed by atoms with E-state index in [0.717, 1.165) is 43.9 Å². The Bertz CT molecular complexity index is 1180. The molecular weight excluding hydrogens is 432 g/mol. The summed E-state index contributed by atoms with van der Waals surface area (Å²) >= 11 is 1.77. The van der Waals surface area contributed by atoms with Gasteiger partial charge < -0.3 is 18.9 Å². The highest BCUT2D eigenvalue weighted by atomic mass is 32.2. The van der Waals surface area contributed by atoms with Crippen molar-refractivity contribution in [2.24, 2.45) is 0 Å². The number of fused-ring (bicyclic) bond motifs is 3. The second-order valence-corrected chi connectivity index (χ2v) is 10.2. The molecule has 5 nitrogen and oxygen atoms in total. The third-order valence-electron chi connectivity index (χ3n) is 5.62. The van der Waals surface area contributed by atoms with Gasteiger partial charge in [-0.15, -0.1) is 11.8 Å². The van der Waals surface area contributed by atoms with E-state index in [2.05, 4.69) is 18.2 Å². The first kappa shape index (κ1) is 19.1. The predicted molar refractivity (Wildman–Crippen MR) is 119 cm³/mol. The van der Waals surface area contributed by atoms with E-state index in [1.807, 2.05) is 42.5 Å². The van der Waals surface area contributed by atoms with Crippen LogP contribution in [0.15, 0.2) is 70.5 Å². The van der Waals surface area contributed by atoms with Crippen LogP contribution in [0.2, 0.25) is 0 Å². The molecule has 0 bridgehead atoms. The van der Waals surface area contributed by atoms with Crippen molar-refractivity contribution in [2.45, 2.75) is 22.0 Å². The van der Waals surface area contributed by atoms with E-state index < -0.39 is 10.8 Å². The van der Waals surface area contributed by atoms with Gasteiger partial charge in [0.25, 0.3) is 0 Å². The van der Waals surface area contributed by atoms with E-state index in [1.165, 1.54) is 0 Å². The molecule has 0 radical (unpaired) electrons. The quantitative estimate of drug-likeness (QED) is 0.550. The van der Waals surface area contributed by atoms with Crippen molar-refractivity contribution in [3.05, 3.63) is 71.8 Å². The smallest absolute Gasteiger partial charge is 0.162 e. The number of hydrogen-bond acceptors (Lipinski definition) is 6. The summed E-state index contributed by atoms with van der Waals surface area (Å²) in [6.07, 6.45) is -0.293. The number of benzene rings is 3. The van der Waals surface area contributed by atoms with E-state index >= 15 is 0 Å². The van der Waals surface area contributed by atoms with Crippen molar-refractivity contribution < 1.29 is 23.2 Å². The number of para-hydroxylation sites is 2. The molecule has 0 saturated carbocycles. The largest absolute Gasteiger partial charge is 0.491 e. The third kappa shape index (κ3) is 3.55. The molecule has 0 aliphatic carbocycles. The number of hydrogen-bond donors (Lipinski definition) is 0. The molecule has 3 aromatic carbocycles. The minimum atomic E-state index is -1.02. The van der Waals surface area contributed by atoms with Gasteiger partial charge in [-0.1, -0.05) is 24.3 Å². The second-order valence-electron chi connectivity index (χ2n) is 7.59. The molecule has 7 heteroatoms. The highest BCUT2D eigenvalue weighted by Crippen LogP contribution is 2.44. The summed E-state index contributed by atoms with van der Waals surface area (Å²) in [5.74, 6) is 4.43. The van der Waals surface area contributed by atoms with E-state index in [9.17, 15) is 4.21 Å². The monoisotopic (exact) mass is 452 g/mol. The molecule has 6 rings (SSSR count). The van der Waals surface area contributed by atoms with Gasteiger partial charge in [0.1, 0.15) is 30.8 Å². The van der Waals surface area contributed by atoms with E-state index in [4.69, 9.17) is 18.9 Å². The van der Waals surface area contributed by atoms with Crippen LogP contribution in [0.25, 0.3) is 0 Å². The Hall–Kier alpha value is -2.64. The number of ether oxygens (including phenoxy) is 4. The zero-order valence-corrected chi connectivity index (χ0v) is 18.2. The maximum Gasteiger partial charge on any atom is 0.162 e. The van der Waals surface area contributed by atoms with E-state index in [-0.39, 0.29) is 12.2 Å². The maximum atomic E-state index is 12.4. The van der Waals surface area contributed by atoms with Crippen LogP contribution in [-0.4, -0.2) is 28.9 Å². The van der Waals surface area contributed by atoms with Crippen LogP contribution >= 0.6 is 11.8 Å². The molecule has 3 aliphatic rings. The average molecular weight is 453 g/mol. The molecule has 31 heavy (non-hydrogen) atoms. The molecular formula is C24H20O5S2. The zero-order chi connectivity index (χ0) is 20.8. The highest BCUT2D eigenvalue weighted by molar-refractivity contribution is 7.99. The molecule has 0 spiro atoms. The third-order valence-corrected chi connectivity index (χ3v) is 8.08. The fraction of sp³-hybridized carbons (Fsp3) is 0.250. The minimum absolute atomic E-state index is 0.110. The molecule has 3 atom stereocenters. The second kappa shape index (κ2) is 7.80. The van der Waals surface area contributed by atoms with Crippen molar-refractivity contribution in [1.29, 1.82) is 0 Å². The van der Waals surface area contributed by atoms with Gasteiger partial charge in [-0.05, 0) is 47.5 Å². The van der Waals surface area contributed by atoms with Gasteiger partial charge in [-0.3, -0.25) is 4.21 Å². The minimum Gasteiger partial charge on any atom is -0.491 e. The fourth-order valence-corrected chi connectivity index (χ4v) is 6.07. The van der Waals surface area contributed by atoms with Crippen LogP contribution in [0, 0.1) is 0 Å². The lowest BCUT2D eigenvalue weighted by Crippen LogP contribution is -2.22. The first-order chi connectivity index (χ1) is 15.2. The summed E-state index contributed by atoms with van der Waals surface area (Å²) in [5, 5.41) is 0. The standard InChI is InChI=1S/C24H20O5S2/c25-31-10-9-26-19-7-5-16(12-24(19)31)22-14-30-23-8-6-15(11-20(23)29-22)21-13-27-17-3-1-2-4-18(17)28-21/h1-8,11-12,21-22H,9-10,13-14H2. The molecule has 0 fully saturated rings. The summed E-state index contributed by atoms with van der Waals surface area (Å²) in [6, 6.07) is 19.8. The molecule has 3 aromatic rings. The molecule has 3 unspecified atom stereocenters. The summed E-state index contributed by atoms with van der Waals surface area (Å²) in [6.45, 7) is 0.964. The van der Waals surface area contributed by atoms with Crippen LogP contribution in [0.4, 0.5) is 0 Å². The highest BCUT2D eigenvalue weighted by Gasteiger charge is 2.28. The van der Waals surface area contributed by atoms with Gasteiger partial charge in [0.2, 0.25) is 0 Å². The molecule has 3 heterocycles. The van der Waals surface area contributed by atoms with Gasteiger partial charge in [-0.25, -0.2) is 0 Å². The van der Waals surface area contributed by atoms with Gasteiger partial charge >= 0.3 is 0 Å². The van der Waals surface area contributed by atoms with Gasteiger partial charge in [-0.2, -0.15) is 0 Å². The van der Waals surface area contributed by atoms with Crippen LogP contribution in [0.5, 0.6) is 23.0 Å². The maximum absolute atomic E-state index is 12.4. The topological polar surface area (TPSA) is 54.0 Å². The summed E-state index contributed by atoms with van der Waals surface area (Å²) in [7, 11) is -1.02. The summed E-state index contributed by atoms with van der Waals surface area (Å²) in [5.41, 5.74) is 2.04. The first-order valence-electron chi connectivity index (χ1n) is 10.2. The summed E-state index contributed by atoms with van der Waals surface area (Å²) < 4.78 is 36.4. The first-order valence-corrected chi connectivity index (χ1v) is 12.5. The Morgan fingerprint density at radius 2 is 1.61 bits per heavy atom. The van der Waals surface area contributed by atoms with Crippen molar-refractivity contribution in [3.63, 3.8) is 0 Å². The fourth-order valence-electron chi connectivity index (χ4n) is 4.00. The molecule has 0 saturated heterocycles. The Labute approximate surface area is 187 Å². The Kier molecular flexibility index (Phi) is 4.80. The van der Waals surface area contributed by atoms with Gasteiger partial charge in [0, 0.05) is 10.6 Å². The van der Waals surface area contributed by atoms with Crippen molar-refractivity contribution in [3.8, 4) is 23.0 Å². The van der Waals surface area contributed by atoms with Crippen LogP contribution in [0.3, 0.4) is 0 Å². The lowest BCUT2D eigenvalue weighted by Gasteiger charge is -2.30. The zero-order valence-electron chi connectivity index (χ0n) is 16.6. The van der Waals surface area contributed by atoms with Crippen molar-refractivity contribution in [1.82, 2.24) is 0 Å². The number of thioether (sulfide) groups is 1. The lowest BCUT2D eigenvalue weighted by atomic mass is 10.1. The van der Waals surface area contributed by atoms with E-state index in [1.54, 1.807) is 11.8 Å². The molecule has 0 aromatic heterocycles.